The molecule has 7 heteroatoms. The van der Waals surface area contributed by atoms with Crippen LogP contribution in [0.2, 0.25) is 5.02 Å². The van der Waals surface area contributed by atoms with Gasteiger partial charge in [0.25, 0.3) is 5.56 Å². The van der Waals surface area contributed by atoms with Crippen LogP contribution in [-0.2, 0) is 6.54 Å². The van der Waals surface area contributed by atoms with E-state index in [9.17, 15) is 4.79 Å². The van der Waals surface area contributed by atoms with Crippen LogP contribution in [0.3, 0.4) is 0 Å². The number of anilines is 1. The Hall–Kier alpha value is -0.720. The lowest BCUT2D eigenvalue weighted by molar-refractivity contribution is 0.266. The molecule has 0 saturated carbocycles. The van der Waals surface area contributed by atoms with Crippen molar-refractivity contribution in [2.45, 2.75) is 13.5 Å². The Morgan fingerprint density at radius 3 is 3.00 bits per heavy atom. The van der Waals surface area contributed by atoms with Crippen molar-refractivity contribution < 1.29 is 5.11 Å². The topological polar surface area (TPSA) is 67.2 Å². The summed E-state index contributed by atoms with van der Waals surface area (Å²) in [5, 5.41) is 16.0. The molecule has 0 spiro atoms. The van der Waals surface area contributed by atoms with Gasteiger partial charge in [-0.25, -0.2) is 4.68 Å². The molecule has 18 heavy (non-hydrogen) atoms. The first-order valence-corrected chi connectivity index (χ1v) is 7.46. The van der Waals surface area contributed by atoms with Gasteiger partial charge in [-0.05, 0) is 17.9 Å². The van der Waals surface area contributed by atoms with Crippen LogP contribution in [0, 0.1) is 5.92 Å². The molecule has 0 bridgehead atoms. The van der Waals surface area contributed by atoms with Gasteiger partial charge in [-0.15, -0.1) is 0 Å². The second-order valence-corrected chi connectivity index (χ2v) is 5.35. The number of nitrogens with zero attached hydrogens (tertiary/aromatic N) is 2. The van der Waals surface area contributed by atoms with Gasteiger partial charge in [-0.1, -0.05) is 18.5 Å². The van der Waals surface area contributed by atoms with E-state index in [4.69, 9.17) is 16.7 Å². The standard InChI is InChI=1S/C11H18ClN3O2S/c1-8(7-18-2)5-13-9-6-14-15(3-4-16)11(17)10(9)12/h6,8,13,16H,3-5,7H2,1-2H3. The molecule has 0 saturated heterocycles. The first-order valence-electron chi connectivity index (χ1n) is 5.69. The molecule has 102 valence electrons. The van der Waals surface area contributed by atoms with Crippen molar-refractivity contribution in [2.24, 2.45) is 5.92 Å². The molecule has 1 atom stereocenters. The Bertz CT molecular complexity index is 439. The van der Waals surface area contributed by atoms with Gasteiger partial charge in [-0.3, -0.25) is 4.79 Å². The molecule has 1 aromatic rings. The predicted octanol–water partition coefficient (Wildman–Crippen LogP) is 1.30. The number of aromatic nitrogens is 2. The molecule has 0 aliphatic heterocycles. The van der Waals surface area contributed by atoms with Crippen LogP contribution >= 0.6 is 23.4 Å². The third kappa shape index (κ3) is 4.19. The zero-order valence-corrected chi connectivity index (χ0v) is 12.1. The molecule has 0 aromatic carbocycles. The summed E-state index contributed by atoms with van der Waals surface area (Å²) in [6.07, 6.45) is 3.58. The minimum Gasteiger partial charge on any atom is -0.394 e. The maximum atomic E-state index is 11.8. The Kier molecular flexibility index (Phi) is 6.52. The predicted molar refractivity (Wildman–Crippen MR) is 76.6 cm³/mol. The van der Waals surface area contributed by atoms with Crippen LogP contribution in [0.5, 0.6) is 0 Å². The fraction of sp³-hybridized carbons (Fsp3) is 0.636. The Morgan fingerprint density at radius 2 is 2.39 bits per heavy atom. The molecular weight excluding hydrogens is 274 g/mol. The lowest BCUT2D eigenvalue weighted by Gasteiger charge is -2.13. The van der Waals surface area contributed by atoms with E-state index in [0.29, 0.717) is 11.6 Å². The molecular formula is C11H18ClN3O2S. The first-order chi connectivity index (χ1) is 8.60. The van der Waals surface area contributed by atoms with E-state index in [1.54, 1.807) is 11.8 Å². The largest absolute Gasteiger partial charge is 0.394 e. The van der Waals surface area contributed by atoms with E-state index in [2.05, 4.69) is 23.6 Å². The van der Waals surface area contributed by atoms with Crippen molar-refractivity contribution in [3.63, 3.8) is 0 Å². The van der Waals surface area contributed by atoms with Gasteiger partial charge in [0.15, 0.2) is 0 Å². The monoisotopic (exact) mass is 291 g/mol. The van der Waals surface area contributed by atoms with Crippen LogP contribution in [0.15, 0.2) is 11.0 Å². The van der Waals surface area contributed by atoms with Crippen molar-refractivity contribution in [3.8, 4) is 0 Å². The van der Waals surface area contributed by atoms with Crippen molar-refractivity contribution >= 4 is 29.1 Å². The Morgan fingerprint density at radius 1 is 1.67 bits per heavy atom. The summed E-state index contributed by atoms with van der Waals surface area (Å²) in [6, 6.07) is 0. The second-order valence-electron chi connectivity index (χ2n) is 4.07. The minimum absolute atomic E-state index is 0.120. The second kappa shape index (κ2) is 7.66. The van der Waals surface area contributed by atoms with Gasteiger partial charge in [0, 0.05) is 6.54 Å². The molecule has 1 unspecified atom stereocenters. The number of hydrogen-bond acceptors (Lipinski definition) is 5. The number of aliphatic hydroxyl groups is 1. The first kappa shape index (κ1) is 15.3. The summed E-state index contributed by atoms with van der Waals surface area (Å²) >= 11 is 7.75. The van der Waals surface area contributed by atoms with Crippen LogP contribution in [0.25, 0.3) is 0 Å². The van der Waals surface area contributed by atoms with Crippen molar-refractivity contribution in [1.29, 1.82) is 0 Å². The van der Waals surface area contributed by atoms with Crippen LogP contribution in [0.1, 0.15) is 6.92 Å². The van der Waals surface area contributed by atoms with Gasteiger partial charge < -0.3 is 10.4 Å². The highest BCUT2D eigenvalue weighted by Gasteiger charge is 2.09. The number of nitrogens with one attached hydrogen (secondary N) is 1. The highest BCUT2D eigenvalue weighted by Crippen LogP contribution is 2.16. The molecule has 0 aliphatic carbocycles. The molecule has 0 radical (unpaired) electrons. The zero-order chi connectivity index (χ0) is 13.5. The zero-order valence-electron chi connectivity index (χ0n) is 10.5. The third-order valence-corrected chi connectivity index (χ3v) is 3.66. The molecule has 1 rings (SSSR count). The van der Waals surface area contributed by atoms with Crippen molar-refractivity contribution in [2.75, 3.05) is 30.5 Å². The fourth-order valence-electron chi connectivity index (χ4n) is 1.47. The maximum absolute atomic E-state index is 11.8. The van der Waals surface area contributed by atoms with Crippen molar-refractivity contribution in [1.82, 2.24) is 9.78 Å². The van der Waals surface area contributed by atoms with E-state index < -0.39 is 0 Å². The SMILES string of the molecule is CSCC(C)CNc1cnn(CCO)c(=O)c1Cl. The number of aliphatic hydroxyl groups excluding tert-OH is 1. The lowest BCUT2D eigenvalue weighted by Crippen LogP contribution is -2.26. The van der Waals surface area contributed by atoms with Crippen LogP contribution < -0.4 is 10.9 Å². The van der Waals surface area contributed by atoms with E-state index in [1.165, 1.54) is 6.20 Å². The summed E-state index contributed by atoms with van der Waals surface area (Å²) in [7, 11) is 0. The summed E-state index contributed by atoms with van der Waals surface area (Å²) in [5.74, 6) is 1.52. The number of halogens is 1. The summed E-state index contributed by atoms with van der Waals surface area (Å²) in [4.78, 5) is 11.8. The fourth-order valence-corrected chi connectivity index (χ4v) is 2.37. The number of hydrogen-bond donors (Lipinski definition) is 2. The quantitative estimate of drug-likeness (QED) is 0.793. The highest BCUT2D eigenvalue weighted by atomic mass is 35.5. The summed E-state index contributed by atoms with van der Waals surface area (Å²) in [6.45, 7) is 2.88. The lowest BCUT2D eigenvalue weighted by atomic mass is 10.2. The average Bonchev–Trinajstić information content (AvgIpc) is 2.35. The normalized spacial score (nSPS) is 12.4. The smallest absolute Gasteiger partial charge is 0.287 e. The molecule has 0 aliphatic rings. The molecule has 1 heterocycles. The highest BCUT2D eigenvalue weighted by molar-refractivity contribution is 7.98. The van der Waals surface area contributed by atoms with E-state index in [1.807, 2.05) is 0 Å². The van der Waals surface area contributed by atoms with Gasteiger partial charge in [0.05, 0.1) is 25.0 Å². The number of rotatable bonds is 7. The Balaban J connectivity index is 2.73. The maximum Gasteiger partial charge on any atom is 0.287 e. The molecule has 5 nitrogen and oxygen atoms in total. The van der Waals surface area contributed by atoms with Gasteiger partial charge in [0.2, 0.25) is 0 Å². The summed E-state index contributed by atoms with van der Waals surface area (Å²) < 4.78 is 1.15. The average molecular weight is 292 g/mol. The van der Waals surface area contributed by atoms with Crippen LogP contribution in [-0.4, -0.2) is 40.0 Å². The third-order valence-electron chi connectivity index (χ3n) is 2.39. The molecule has 0 fully saturated rings. The van der Waals surface area contributed by atoms with E-state index in [-0.39, 0.29) is 23.7 Å². The molecule has 0 amide bonds. The van der Waals surface area contributed by atoms with E-state index in [0.717, 1.165) is 17.0 Å². The van der Waals surface area contributed by atoms with Crippen molar-refractivity contribution in [3.05, 3.63) is 21.6 Å². The van der Waals surface area contributed by atoms with Crippen LogP contribution in [0.4, 0.5) is 5.69 Å². The number of thioether (sulfide) groups is 1. The molecule has 2 N–H and O–H groups in total. The van der Waals surface area contributed by atoms with Gasteiger partial charge >= 0.3 is 0 Å². The Labute approximate surface area is 116 Å². The minimum atomic E-state index is -0.381. The van der Waals surface area contributed by atoms with Gasteiger partial charge in [-0.2, -0.15) is 16.9 Å². The molecule has 1 aromatic heterocycles. The summed E-state index contributed by atoms with van der Waals surface area (Å²) in [5.41, 5.74) is 0.164. The van der Waals surface area contributed by atoms with E-state index >= 15 is 0 Å². The van der Waals surface area contributed by atoms with Gasteiger partial charge in [0.1, 0.15) is 5.02 Å².